The molecule has 0 fully saturated rings. The minimum atomic E-state index is -0.869. The first-order valence-electron chi connectivity index (χ1n) is 4.30. The second-order valence-corrected chi connectivity index (χ2v) is 3.62. The molecule has 0 aromatic heterocycles. The summed E-state index contributed by atoms with van der Waals surface area (Å²) in [5, 5.41) is 9.17. The molecule has 0 aliphatic rings. The lowest BCUT2D eigenvalue weighted by molar-refractivity contribution is -0.137. The van der Waals surface area contributed by atoms with Gasteiger partial charge in [-0.3, -0.25) is 4.79 Å². The topological polar surface area (TPSA) is 63.3 Å². The molecule has 0 unspecified atom stereocenters. The highest BCUT2D eigenvalue weighted by molar-refractivity contribution is 6.30. The number of carboxylic acid groups (broad SMARTS) is 1. The number of aliphatic carboxylic acids is 1. The van der Waals surface area contributed by atoms with Gasteiger partial charge in [0.15, 0.2) is 0 Å². The number of rotatable bonds is 4. The van der Waals surface area contributed by atoms with Gasteiger partial charge in [0.25, 0.3) is 0 Å². The van der Waals surface area contributed by atoms with Gasteiger partial charge in [-0.1, -0.05) is 23.7 Å². The van der Waals surface area contributed by atoms with Crippen LogP contribution in [0.2, 0.25) is 5.02 Å². The van der Waals surface area contributed by atoms with Gasteiger partial charge in [-0.25, -0.2) is 0 Å². The van der Waals surface area contributed by atoms with Crippen LogP contribution in [0.25, 0.3) is 0 Å². The van der Waals surface area contributed by atoms with Crippen LogP contribution in [0.15, 0.2) is 24.3 Å². The molecule has 1 aromatic rings. The third-order valence-corrected chi connectivity index (χ3v) is 2.10. The fourth-order valence-corrected chi connectivity index (χ4v) is 1.35. The van der Waals surface area contributed by atoms with E-state index in [0.717, 1.165) is 5.56 Å². The van der Waals surface area contributed by atoms with Crippen LogP contribution in [0.3, 0.4) is 0 Å². The highest BCUT2D eigenvalue weighted by Crippen LogP contribution is 2.11. The van der Waals surface area contributed by atoms with Gasteiger partial charge in [0.05, 0.1) is 6.42 Å². The zero-order valence-electron chi connectivity index (χ0n) is 8.02. The standard InChI is InChI=1S/C10H12ClNO2.ClH/c11-8-3-1-7(2-4-8)5-9(12)6-10(13)14;/h1-4,9H,5-6,12H2,(H,13,14);1H/t9-;/m0./s1. The number of hydrogen-bond acceptors (Lipinski definition) is 2. The van der Waals surface area contributed by atoms with E-state index in [4.69, 9.17) is 22.4 Å². The number of hydrogen-bond donors (Lipinski definition) is 2. The summed E-state index contributed by atoms with van der Waals surface area (Å²) in [4.78, 5) is 10.4. The van der Waals surface area contributed by atoms with Crippen molar-refractivity contribution < 1.29 is 9.90 Å². The van der Waals surface area contributed by atoms with E-state index in [9.17, 15) is 4.79 Å². The summed E-state index contributed by atoms with van der Waals surface area (Å²) in [5.41, 5.74) is 6.63. The lowest BCUT2D eigenvalue weighted by atomic mass is 10.0. The Morgan fingerprint density at radius 2 is 1.93 bits per heavy atom. The highest BCUT2D eigenvalue weighted by atomic mass is 35.5. The Hall–Kier alpha value is -0.770. The van der Waals surface area contributed by atoms with Crippen LogP contribution in [0.5, 0.6) is 0 Å². The summed E-state index contributed by atoms with van der Waals surface area (Å²) in [7, 11) is 0. The summed E-state index contributed by atoms with van der Waals surface area (Å²) in [5.74, 6) is -0.869. The summed E-state index contributed by atoms with van der Waals surface area (Å²) >= 11 is 5.71. The average molecular weight is 250 g/mol. The molecule has 0 saturated heterocycles. The molecule has 1 atom stereocenters. The zero-order valence-corrected chi connectivity index (χ0v) is 9.59. The van der Waals surface area contributed by atoms with E-state index in [-0.39, 0.29) is 24.9 Å². The molecule has 0 aliphatic carbocycles. The number of benzene rings is 1. The van der Waals surface area contributed by atoms with Gasteiger partial charge in [-0.15, -0.1) is 12.4 Å². The molecule has 1 aromatic carbocycles. The summed E-state index contributed by atoms with van der Waals surface area (Å²) in [6, 6.07) is 6.90. The first-order valence-corrected chi connectivity index (χ1v) is 4.67. The Morgan fingerprint density at radius 1 is 1.40 bits per heavy atom. The van der Waals surface area contributed by atoms with Gasteiger partial charge in [0.2, 0.25) is 0 Å². The number of carboxylic acids is 1. The third kappa shape index (κ3) is 5.62. The molecule has 0 aliphatic heterocycles. The van der Waals surface area contributed by atoms with E-state index in [0.29, 0.717) is 11.4 Å². The van der Waals surface area contributed by atoms with Crippen LogP contribution >= 0.6 is 24.0 Å². The van der Waals surface area contributed by atoms with Crippen LogP contribution < -0.4 is 5.73 Å². The van der Waals surface area contributed by atoms with Crippen molar-refractivity contribution >= 4 is 30.0 Å². The fraction of sp³-hybridized carbons (Fsp3) is 0.300. The lowest BCUT2D eigenvalue weighted by Crippen LogP contribution is -2.26. The molecule has 0 radical (unpaired) electrons. The molecular weight excluding hydrogens is 237 g/mol. The third-order valence-electron chi connectivity index (χ3n) is 1.85. The Bertz CT molecular complexity index is 314. The minimum absolute atomic E-state index is 0. The van der Waals surface area contributed by atoms with E-state index < -0.39 is 5.97 Å². The Labute approximate surface area is 99.6 Å². The van der Waals surface area contributed by atoms with Crippen molar-refractivity contribution in [2.24, 2.45) is 5.73 Å². The Morgan fingerprint density at radius 3 is 2.40 bits per heavy atom. The molecule has 0 spiro atoms. The maximum atomic E-state index is 10.4. The van der Waals surface area contributed by atoms with Crippen LogP contribution in [0.4, 0.5) is 0 Å². The predicted octanol–water partition coefficient (Wildman–Crippen LogP) is 2.11. The largest absolute Gasteiger partial charge is 0.481 e. The van der Waals surface area contributed by atoms with Gasteiger partial charge >= 0.3 is 5.97 Å². The second-order valence-electron chi connectivity index (χ2n) is 3.19. The van der Waals surface area contributed by atoms with Gasteiger partial charge in [0.1, 0.15) is 0 Å². The van der Waals surface area contributed by atoms with Crippen molar-refractivity contribution in [1.82, 2.24) is 0 Å². The van der Waals surface area contributed by atoms with Crippen LogP contribution in [0, 0.1) is 0 Å². The predicted molar refractivity (Wildman–Crippen MR) is 62.6 cm³/mol. The number of carbonyl (C=O) groups is 1. The molecule has 3 nitrogen and oxygen atoms in total. The summed E-state index contributed by atoms with van der Waals surface area (Å²) < 4.78 is 0. The zero-order chi connectivity index (χ0) is 10.6. The van der Waals surface area contributed by atoms with Crippen LogP contribution in [0.1, 0.15) is 12.0 Å². The minimum Gasteiger partial charge on any atom is -0.481 e. The van der Waals surface area contributed by atoms with Crippen LogP contribution in [-0.2, 0) is 11.2 Å². The van der Waals surface area contributed by atoms with Crippen molar-refractivity contribution in [1.29, 1.82) is 0 Å². The van der Waals surface area contributed by atoms with Gasteiger partial charge in [0, 0.05) is 11.1 Å². The first kappa shape index (κ1) is 14.2. The first-order chi connectivity index (χ1) is 6.58. The molecule has 15 heavy (non-hydrogen) atoms. The maximum absolute atomic E-state index is 10.4. The molecule has 1 rings (SSSR count). The quantitative estimate of drug-likeness (QED) is 0.860. The van der Waals surface area contributed by atoms with Crippen molar-refractivity contribution in [3.8, 4) is 0 Å². The van der Waals surface area contributed by atoms with Crippen molar-refractivity contribution in [3.63, 3.8) is 0 Å². The Balaban J connectivity index is 0.00000196. The van der Waals surface area contributed by atoms with Crippen molar-refractivity contribution in [2.45, 2.75) is 18.9 Å². The molecule has 0 saturated carbocycles. The highest BCUT2D eigenvalue weighted by Gasteiger charge is 2.08. The van der Waals surface area contributed by atoms with Crippen molar-refractivity contribution in [3.05, 3.63) is 34.9 Å². The molecule has 0 amide bonds. The molecule has 5 heteroatoms. The van der Waals surface area contributed by atoms with E-state index in [1.165, 1.54) is 0 Å². The molecule has 3 N–H and O–H groups in total. The Kier molecular flexibility index (Phi) is 6.32. The summed E-state index contributed by atoms with van der Waals surface area (Å²) in [6.07, 6.45) is 0.548. The fourth-order valence-electron chi connectivity index (χ4n) is 1.22. The average Bonchev–Trinajstić information content (AvgIpc) is 2.07. The SMILES string of the molecule is Cl.N[C@H](CC(=O)O)Cc1ccc(Cl)cc1. The molecule has 0 heterocycles. The molecular formula is C10H13Cl2NO2. The van der Waals surface area contributed by atoms with E-state index >= 15 is 0 Å². The number of halogens is 2. The lowest BCUT2D eigenvalue weighted by Gasteiger charge is -2.08. The normalized spacial score (nSPS) is 11.6. The smallest absolute Gasteiger partial charge is 0.304 e. The van der Waals surface area contributed by atoms with Crippen LogP contribution in [-0.4, -0.2) is 17.1 Å². The van der Waals surface area contributed by atoms with Gasteiger partial charge < -0.3 is 10.8 Å². The summed E-state index contributed by atoms with van der Waals surface area (Å²) in [6.45, 7) is 0. The van der Waals surface area contributed by atoms with Crippen molar-refractivity contribution in [2.75, 3.05) is 0 Å². The van der Waals surface area contributed by atoms with Gasteiger partial charge in [-0.2, -0.15) is 0 Å². The van der Waals surface area contributed by atoms with Gasteiger partial charge in [-0.05, 0) is 24.1 Å². The van der Waals surface area contributed by atoms with E-state index in [1.807, 2.05) is 12.1 Å². The number of nitrogens with two attached hydrogens (primary N) is 1. The molecule has 0 bridgehead atoms. The van der Waals surface area contributed by atoms with E-state index in [1.54, 1.807) is 12.1 Å². The molecule has 84 valence electrons. The second kappa shape index (κ2) is 6.67. The van der Waals surface area contributed by atoms with E-state index in [2.05, 4.69) is 0 Å². The maximum Gasteiger partial charge on any atom is 0.304 e. The monoisotopic (exact) mass is 249 g/mol.